The quantitative estimate of drug-likeness (QED) is 0.532. The zero-order valence-electron chi connectivity index (χ0n) is 15.0. The Balaban J connectivity index is 1.88. The molecule has 1 unspecified atom stereocenters. The number of fused-ring (bicyclic) bond motifs is 3. The summed E-state index contributed by atoms with van der Waals surface area (Å²) in [6.45, 7) is 7.47. The van der Waals surface area contributed by atoms with Gasteiger partial charge in [0.15, 0.2) is 0 Å². The summed E-state index contributed by atoms with van der Waals surface area (Å²) < 4.78 is 0. The fraction of sp³-hybridized carbons (Fsp3) is 0.304. The van der Waals surface area contributed by atoms with E-state index in [0.717, 1.165) is 0 Å². The van der Waals surface area contributed by atoms with E-state index in [9.17, 15) is 0 Å². The predicted octanol–water partition coefficient (Wildman–Crippen LogP) is 5.66. The highest BCUT2D eigenvalue weighted by Crippen LogP contribution is 2.36. The third-order valence-electron chi connectivity index (χ3n) is 5.55. The van der Waals surface area contributed by atoms with E-state index in [4.69, 9.17) is 0 Å². The smallest absolute Gasteiger partial charge is 0.0656 e. The normalized spacial score (nSPS) is 17.7. The van der Waals surface area contributed by atoms with E-state index < -0.39 is 8.07 Å². The monoisotopic (exact) mass is 330 g/mol. The standard InChI is InChI=1S/C23H26Si/c1-24(2,3)23-16-19-11-7-8-12-20(19)21-14-13-18(15-22(21)23)17-9-5-4-6-10-17/h4-12,16,18H,13-15H2,1-3H3. The summed E-state index contributed by atoms with van der Waals surface area (Å²) in [6, 6.07) is 22.6. The number of hydrogen-bond acceptors (Lipinski definition) is 0. The first-order valence-electron chi connectivity index (χ1n) is 9.13. The van der Waals surface area contributed by atoms with E-state index in [1.807, 2.05) is 0 Å². The van der Waals surface area contributed by atoms with Crippen LogP contribution in [0.2, 0.25) is 19.6 Å². The highest BCUT2D eigenvalue weighted by Gasteiger charge is 2.28. The van der Waals surface area contributed by atoms with Crippen LogP contribution < -0.4 is 5.19 Å². The van der Waals surface area contributed by atoms with Crippen LogP contribution in [-0.2, 0) is 12.8 Å². The van der Waals surface area contributed by atoms with Gasteiger partial charge in [-0.05, 0) is 52.6 Å². The molecule has 0 heterocycles. The van der Waals surface area contributed by atoms with E-state index >= 15 is 0 Å². The van der Waals surface area contributed by atoms with Crippen LogP contribution in [0, 0.1) is 0 Å². The summed E-state index contributed by atoms with van der Waals surface area (Å²) in [6.07, 6.45) is 3.70. The van der Waals surface area contributed by atoms with Crippen LogP contribution in [-0.4, -0.2) is 8.07 Å². The molecule has 0 nitrogen and oxygen atoms in total. The van der Waals surface area contributed by atoms with E-state index in [1.54, 1.807) is 16.3 Å². The van der Waals surface area contributed by atoms with Crippen LogP contribution >= 0.6 is 0 Å². The van der Waals surface area contributed by atoms with Crippen LogP contribution in [0.15, 0.2) is 60.7 Å². The molecule has 0 N–H and O–H groups in total. The summed E-state index contributed by atoms with van der Waals surface area (Å²) in [5.41, 5.74) is 4.82. The first kappa shape index (κ1) is 15.7. The summed E-state index contributed by atoms with van der Waals surface area (Å²) >= 11 is 0. The second kappa shape index (κ2) is 5.89. The van der Waals surface area contributed by atoms with Crippen molar-refractivity contribution in [2.24, 2.45) is 0 Å². The van der Waals surface area contributed by atoms with Crippen LogP contribution in [0.3, 0.4) is 0 Å². The molecule has 0 spiro atoms. The summed E-state index contributed by atoms with van der Waals surface area (Å²) in [5.74, 6) is 0.676. The molecule has 122 valence electrons. The lowest BCUT2D eigenvalue weighted by Gasteiger charge is -2.32. The van der Waals surface area contributed by atoms with E-state index in [-0.39, 0.29) is 0 Å². The van der Waals surface area contributed by atoms with Crippen molar-refractivity contribution in [2.75, 3.05) is 0 Å². The highest BCUT2D eigenvalue weighted by atomic mass is 28.3. The maximum atomic E-state index is 2.51. The molecule has 1 atom stereocenters. The molecular weight excluding hydrogens is 304 g/mol. The van der Waals surface area contributed by atoms with Crippen molar-refractivity contribution in [3.05, 3.63) is 77.4 Å². The van der Waals surface area contributed by atoms with Gasteiger partial charge in [-0.3, -0.25) is 0 Å². The van der Waals surface area contributed by atoms with Crippen LogP contribution in [0.1, 0.15) is 29.0 Å². The third-order valence-corrected chi connectivity index (χ3v) is 7.61. The Bertz CT molecular complexity index is 872. The molecule has 0 saturated carbocycles. The van der Waals surface area contributed by atoms with Crippen molar-refractivity contribution in [3.8, 4) is 0 Å². The van der Waals surface area contributed by atoms with Crippen molar-refractivity contribution in [2.45, 2.75) is 44.8 Å². The molecule has 0 aliphatic heterocycles. The Morgan fingerprint density at radius 3 is 2.29 bits per heavy atom. The average molecular weight is 331 g/mol. The van der Waals surface area contributed by atoms with Gasteiger partial charge >= 0.3 is 0 Å². The summed E-state index contributed by atoms with van der Waals surface area (Å²) in [4.78, 5) is 0. The Hall–Kier alpha value is -1.86. The SMILES string of the molecule is C[Si](C)(C)c1cc2ccccc2c2c1CC(c1ccccc1)CC2. The number of rotatable bonds is 2. The van der Waals surface area contributed by atoms with Crippen molar-refractivity contribution in [1.82, 2.24) is 0 Å². The lowest BCUT2D eigenvalue weighted by molar-refractivity contribution is 0.589. The molecule has 0 amide bonds. The fourth-order valence-corrected chi connectivity index (χ4v) is 6.08. The second-order valence-corrected chi connectivity index (χ2v) is 13.2. The van der Waals surface area contributed by atoms with Crippen molar-refractivity contribution in [1.29, 1.82) is 0 Å². The van der Waals surface area contributed by atoms with Gasteiger partial charge in [0.25, 0.3) is 0 Å². The predicted molar refractivity (Wildman–Crippen MR) is 108 cm³/mol. The van der Waals surface area contributed by atoms with Gasteiger partial charge < -0.3 is 0 Å². The molecule has 1 aliphatic rings. The van der Waals surface area contributed by atoms with Crippen LogP contribution in [0.25, 0.3) is 10.8 Å². The fourth-order valence-electron chi connectivity index (χ4n) is 4.33. The lowest BCUT2D eigenvalue weighted by Crippen LogP contribution is -2.42. The van der Waals surface area contributed by atoms with Crippen molar-refractivity contribution < 1.29 is 0 Å². The molecule has 1 aliphatic carbocycles. The van der Waals surface area contributed by atoms with Gasteiger partial charge in [-0.2, -0.15) is 0 Å². The Morgan fingerprint density at radius 1 is 0.833 bits per heavy atom. The molecule has 24 heavy (non-hydrogen) atoms. The van der Waals surface area contributed by atoms with Gasteiger partial charge in [0.2, 0.25) is 0 Å². The third kappa shape index (κ3) is 2.71. The molecular formula is C23H26Si. The molecule has 0 aromatic heterocycles. The Morgan fingerprint density at radius 2 is 1.54 bits per heavy atom. The molecule has 0 fully saturated rings. The molecule has 0 radical (unpaired) electrons. The minimum atomic E-state index is -1.36. The highest BCUT2D eigenvalue weighted by molar-refractivity contribution is 6.89. The largest absolute Gasteiger partial charge is 0.0779 e. The van der Waals surface area contributed by atoms with Gasteiger partial charge in [-0.25, -0.2) is 0 Å². The van der Waals surface area contributed by atoms with Crippen LogP contribution in [0.5, 0.6) is 0 Å². The molecule has 1 heteroatoms. The topological polar surface area (TPSA) is 0 Å². The van der Waals surface area contributed by atoms with Gasteiger partial charge in [0.05, 0.1) is 8.07 Å². The lowest BCUT2D eigenvalue weighted by atomic mass is 9.78. The minimum Gasteiger partial charge on any atom is -0.0656 e. The molecule has 4 rings (SSSR count). The number of hydrogen-bond donors (Lipinski definition) is 0. The maximum absolute atomic E-state index is 2.51. The first-order valence-corrected chi connectivity index (χ1v) is 12.6. The second-order valence-electron chi connectivity index (χ2n) is 8.20. The van der Waals surface area contributed by atoms with E-state index in [0.29, 0.717) is 5.92 Å². The van der Waals surface area contributed by atoms with Gasteiger partial charge in [-0.15, -0.1) is 0 Å². The summed E-state index contributed by atoms with van der Waals surface area (Å²) in [7, 11) is -1.36. The van der Waals surface area contributed by atoms with Crippen LogP contribution in [0.4, 0.5) is 0 Å². The molecule has 0 bridgehead atoms. The van der Waals surface area contributed by atoms with Crippen molar-refractivity contribution >= 4 is 24.0 Å². The number of benzene rings is 3. The Labute approximate surface area is 146 Å². The van der Waals surface area contributed by atoms with E-state index in [2.05, 4.69) is 80.3 Å². The van der Waals surface area contributed by atoms with Gasteiger partial charge in [0.1, 0.15) is 0 Å². The van der Waals surface area contributed by atoms with E-state index in [1.165, 1.54) is 35.6 Å². The molecule has 3 aromatic rings. The zero-order valence-corrected chi connectivity index (χ0v) is 16.0. The maximum Gasteiger partial charge on any atom is 0.0779 e. The van der Waals surface area contributed by atoms with Crippen molar-refractivity contribution in [3.63, 3.8) is 0 Å². The molecule has 0 saturated heterocycles. The minimum absolute atomic E-state index is 0.676. The summed E-state index contributed by atoms with van der Waals surface area (Å²) in [5, 5.41) is 4.60. The zero-order chi connectivity index (χ0) is 16.7. The number of aryl methyl sites for hydroxylation is 1. The van der Waals surface area contributed by atoms with Gasteiger partial charge in [0, 0.05) is 0 Å². The van der Waals surface area contributed by atoms with Gasteiger partial charge in [-0.1, -0.05) is 85.5 Å². The average Bonchev–Trinajstić information content (AvgIpc) is 2.60. The first-order chi connectivity index (χ1) is 11.5. The Kier molecular flexibility index (Phi) is 3.84. The molecule has 3 aromatic carbocycles.